The van der Waals surface area contributed by atoms with E-state index < -0.39 is 0 Å². The van der Waals surface area contributed by atoms with E-state index in [9.17, 15) is 4.79 Å². The van der Waals surface area contributed by atoms with Crippen LogP contribution in [0.4, 0.5) is 0 Å². The Morgan fingerprint density at radius 1 is 0.927 bits per heavy atom. The highest BCUT2D eigenvalue weighted by atomic mass is 32.2. The molecule has 5 rings (SSSR count). The van der Waals surface area contributed by atoms with Gasteiger partial charge in [-0.2, -0.15) is 5.10 Å². The second-order valence-electron chi connectivity index (χ2n) is 10.7. The van der Waals surface area contributed by atoms with Crippen molar-refractivity contribution in [2.75, 3.05) is 12.9 Å². The van der Waals surface area contributed by atoms with Crippen molar-refractivity contribution in [2.24, 2.45) is 5.10 Å². The lowest BCUT2D eigenvalue weighted by atomic mass is 9.87. The first-order valence-corrected chi connectivity index (χ1v) is 14.4. The van der Waals surface area contributed by atoms with Crippen LogP contribution in [0.2, 0.25) is 0 Å². The molecular weight excluding hydrogens is 530 g/mol. The number of carbonyl (C=O) groups is 1. The van der Waals surface area contributed by atoms with Crippen molar-refractivity contribution < 1.29 is 9.53 Å². The molecule has 7 nitrogen and oxygen atoms in total. The van der Waals surface area contributed by atoms with Gasteiger partial charge in [-0.25, -0.2) is 5.43 Å². The standard InChI is InChI=1S/C33H33N5O2S/c1-22(25-11-10-23-8-6-7-9-26(23)20-25)34-35-30(39)21-41-32-37-36-31(24-12-14-27(15-13-24)33(2,3)4)38(32)28-16-18-29(40-5)19-17-28/h6-20H,21H2,1-5H3,(H,35,39)/b34-22+. The van der Waals surface area contributed by atoms with Crippen molar-refractivity contribution >= 4 is 34.2 Å². The molecular formula is C33H33N5O2S. The number of carbonyl (C=O) groups excluding carboxylic acids is 1. The molecule has 8 heteroatoms. The number of nitrogens with zero attached hydrogens (tertiary/aromatic N) is 4. The molecule has 0 saturated carbocycles. The highest BCUT2D eigenvalue weighted by Gasteiger charge is 2.19. The molecule has 0 spiro atoms. The molecule has 0 radical (unpaired) electrons. The van der Waals surface area contributed by atoms with Crippen LogP contribution in [0, 0.1) is 0 Å². The Balaban J connectivity index is 1.35. The normalized spacial score (nSPS) is 12.0. The van der Waals surface area contributed by atoms with E-state index >= 15 is 0 Å². The summed E-state index contributed by atoms with van der Waals surface area (Å²) >= 11 is 1.31. The van der Waals surface area contributed by atoms with Gasteiger partial charge >= 0.3 is 0 Å². The molecule has 0 aliphatic heterocycles. The van der Waals surface area contributed by atoms with Gasteiger partial charge in [-0.3, -0.25) is 9.36 Å². The summed E-state index contributed by atoms with van der Waals surface area (Å²) in [4.78, 5) is 12.8. The fourth-order valence-electron chi connectivity index (χ4n) is 4.42. The number of hydrogen-bond donors (Lipinski definition) is 1. The van der Waals surface area contributed by atoms with Crippen molar-refractivity contribution in [3.8, 4) is 22.8 Å². The van der Waals surface area contributed by atoms with Crippen LogP contribution < -0.4 is 10.2 Å². The molecule has 0 atom stereocenters. The third kappa shape index (κ3) is 6.49. The van der Waals surface area contributed by atoms with Crippen molar-refractivity contribution in [1.82, 2.24) is 20.2 Å². The van der Waals surface area contributed by atoms with E-state index in [0.29, 0.717) is 11.0 Å². The number of aromatic nitrogens is 3. The van der Waals surface area contributed by atoms with Crippen molar-refractivity contribution in [3.05, 3.63) is 102 Å². The Morgan fingerprint density at radius 2 is 1.63 bits per heavy atom. The van der Waals surface area contributed by atoms with Crippen LogP contribution in [0.5, 0.6) is 5.75 Å². The average molecular weight is 564 g/mol. The molecule has 5 aromatic rings. The van der Waals surface area contributed by atoms with Gasteiger partial charge < -0.3 is 4.74 Å². The minimum Gasteiger partial charge on any atom is -0.497 e. The first-order valence-electron chi connectivity index (χ1n) is 13.4. The van der Waals surface area contributed by atoms with Crippen LogP contribution in [0.25, 0.3) is 27.8 Å². The number of rotatable bonds is 8. The van der Waals surface area contributed by atoms with Crippen molar-refractivity contribution in [2.45, 2.75) is 38.3 Å². The number of amides is 1. The van der Waals surface area contributed by atoms with Gasteiger partial charge in [-0.15, -0.1) is 10.2 Å². The Bertz CT molecular complexity index is 1700. The predicted molar refractivity (Wildman–Crippen MR) is 167 cm³/mol. The number of nitrogens with one attached hydrogen (secondary N) is 1. The van der Waals surface area contributed by atoms with Gasteiger partial charge in [0.2, 0.25) is 0 Å². The zero-order valence-corrected chi connectivity index (χ0v) is 24.7. The zero-order valence-electron chi connectivity index (χ0n) is 23.9. The Morgan fingerprint density at radius 3 is 2.32 bits per heavy atom. The third-order valence-corrected chi connectivity index (χ3v) is 7.75. The topological polar surface area (TPSA) is 81.4 Å². The van der Waals surface area contributed by atoms with E-state index in [4.69, 9.17) is 4.74 Å². The van der Waals surface area contributed by atoms with Crippen molar-refractivity contribution in [1.29, 1.82) is 0 Å². The van der Waals surface area contributed by atoms with E-state index in [1.54, 1.807) is 7.11 Å². The van der Waals surface area contributed by atoms with Gasteiger partial charge in [0.25, 0.3) is 5.91 Å². The maximum Gasteiger partial charge on any atom is 0.250 e. The SMILES string of the molecule is COc1ccc(-n2c(SCC(=O)N/N=C(\C)c3ccc4ccccc4c3)nnc2-c2ccc(C(C)(C)C)cc2)cc1. The quantitative estimate of drug-likeness (QED) is 0.125. The first kappa shape index (κ1) is 28.1. The molecule has 1 heterocycles. The lowest BCUT2D eigenvalue weighted by Gasteiger charge is -2.19. The van der Waals surface area contributed by atoms with E-state index in [0.717, 1.165) is 39.0 Å². The fourth-order valence-corrected chi connectivity index (χ4v) is 5.17. The molecule has 208 valence electrons. The molecule has 0 aliphatic rings. The maximum absolute atomic E-state index is 12.8. The summed E-state index contributed by atoms with van der Waals surface area (Å²) < 4.78 is 7.31. The zero-order chi connectivity index (χ0) is 29.0. The average Bonchev–Trinajstić information content (AvgIpc) is 3.42. The van der Waals surface area contributed by atoms with Gasteiger partial charge in [0.05, 0.1) is 18.6 Å². The second-order valence-corrected chi connectivity index (χ2v) is 11.7. The van der Waals surface area contributed by atoms with E-state index in [1.165, 1.54) is 17.3 Å². The minimum absolute atomic E-state index is 0.0473. The summed E-state index contributed by atoms with van der Waals surface area (Å²) in [6.45, 7) is 8.45. The molecule has 0 unspecified atom stereocenters. The Kier molecular flexibility index (Phi) is 8.21. The smallest absolute Gasteiger partial charge is 0.250 e. The summed E-state index contributed by atoms with van der Waals surface area (Å²) in [6, 6.07) is 30.4. The summed E-state index contributed by atoms with van der Waals surface area (Å²) in [5.74, 6) is 1.36. The maximum atomic E-state index is 12.8. The number of ether oxygens (including phenoxy) is 1. The number of thioether (sulfide) groups is 1. The molecule has 1 aromatic heterocycles. The van der Waals surface area contributed by atoms with Gasteiger partial charge in [-0.05, 0) is 64.6 Å². The van der Waals surface area contributed by atoms with Crippen LogP contribution in [-0.4, -0.2) is 39.2 Å². The van der Waals surface area contributed by atoms with Gasteiger partial charge in [0.15, 0.2) is 11.0 Å². The van der Waals surface area contributed by atoms with Gasteiger partial charge in [-0.1, -0.05) is 93.2 Å². The van der Waals surface area contributed by atoms with Gasteiger partial charge in [0.1, 0.15) is 5.75 Å². The summed E-state index contributed by atoms with van der Waals surface area (Å²) in [5, 5.41) is 16.2. The lowest BCUT2D eigenvalue weighted by molar-refractivity contribution is -0.118. The van der Waals surface area contributed by atoms with Crippen molar-refractivity contribution in [3.63, 3.8) is 0 Å². The molecule has 41 heavy (non-hydrogen) atoms. The molecule has 0 saturated heterocycles. The minimum atomic E-state index is -0.226. The second kappa shape index (κ2) is 12.0. The van der Waals surface area contributed by atoms with Crippen LogP contribution in [0.1, 0.15) is 38.8 Å². The number of hydrazone groups is 1. The molecule has 1 N–H and O–H groups in total. The summed E-state index contributed by atoms with van der Waals surface area (Å²) in [7, 11) is 1.64. The Hall–Kier alpha value is -4.43. The highest BCUT2D eigenvalue weighted by molar-refractivity contribution is 7.99. The van der Waals surface area contributed by atoms with Crippen LogP contribution in [0.3, 0.4) is 0 Å². The molecule has 0 bridgehead atoms. The van der Waals surface area contributed by atoms with E-state index in [2.05, 4.69) is 90.0 Å². The van der Waals surface area contributed by atoms with Gasteiger partial charge in [0, 0.05) is 11.3 Å². The fraction of sp³-hybridized carbons (Fsp3) is 0.212. The predicted octanol–water partition coefficient (Wildman–Crippen LogP) is 7.03. The van der Waals surface area contributed by atoms with E-state index in [1.807, 2.05) is 54.0 Å². The molecule has 1 amide bonds. The monoisotopic (exact) mass is 563 g/mol. The number of benzene rings is 4. The highest BCUT2D eigenvalue weighted by Crippen LogP contribution is 2.31. The summed E-state index contributed by atoms with van der Waals surface area (Å²) in [5.41, 5.74) is 7.47. The molecule has 0 fully saturated rings. The molecule has 0 aliphatic carbocycles. The first-order chi connectivity index (χ1) is 19.7. The van der Waals surface area contributed by atoms with Crippen LogP contribution >= 0.6 is 11.8 Å². The molecule has 4 aromatic carbocycles. The number of hydrogen-bond acceptors (Lipinski definition) is 6. The number of methoxy groups -OCH3 is 1. The number of fused-ring (bicyclic) bond motifs is 1. The summed E-state index contributed by atoms with van der Waals surface area (Å²) in [6.07, 6.45) is 0. The largest absolute Gasteiger partial charge is 0.497 e. The van der Waals surface area contributed by atoms with Crippen LogP contribution in [0.15, 0.2) is 101 Å². The van der Waals surface area contributed by atoms with Crippen LogP contribution in [-0.2, 0) is 10.2 Å². The Labute approximate surface area is 244 Å². The lowest BCUT2D eigenvalue weighted by Crippen LogP contribution is -2.21. The van der Waals surface area contributed by atoms with E-state index in [-0.39, 0.29) is 17.1 Å². The third-order valence-electron chi connectivity index (χ3n) is 6.82.